The number of nitrogen functional groups attached to an aromatic ring is 1. The van der Waals surface area contributed by atoms with Crippen LogP contribution in [0.1, 0.15) is 0 Å². The van der Waals surface area contributed by atoms with Crippen LogP contribution in [-0.4, -0.2) is 11.8 Å². The minimum absolute atomic E-state index is 0.282. The SMILES string of the molecule is Nc1ccc2cc3c(ccc4cc5c(cc43)OCO5)nc2c1. The van der Waals surface area contributed by atoms with Crippen LogP contribution in [0, 0.1) is 0 Å². The van der Waals surface area contributed by atoms with E-state index in [2.05, 4.69) is 12.1 Å². The fraction of sp³-hybridized carbons (Fsp3) is 0.0556. The molecule has 22 heavy (non-hydrogen) atoms. The molecule has 0 bridgehead atoms. The standard InChI is InChI=1S/C18H12N2O2/c19-12-3-1-11-5-14-13-8-18-17(21-9-22-18)6-10(13)2-4-15(14)20-16(11)7-12/h1-8H,9,19H2. The number of aromatic nitrogens is 1. The molecule has 2 heterocycles. The Labute approximate surface area is 126 Å². The quantitative estimate of drug-likeness (QED) is 0.303. The average molecular weight is 288 g/mol. The van der Waals surface area contributed by atoms with Crippen LogP contribution in [0.2, 0.25) is 0 Å². The topological polar surface area (TPSA) is 57.4 Å². The van der Waals surface area contributed by atoms with Gasteiger partial charge in [-0.25, -0.2) is 4.98 Å². The Morgan fingerprint density at radius 2 is 1.59 bits per heavy atom. The van der Waals surface area contributed by atoms with Crippen molar-refractivity contribution in [2.45, 2.75) is 0 Å². The molecule has 0 saturated carbocycles. The van der Waals surface area contributed by atoms with Gasteiger partial charge in [-0.05, 0) is 47.2 Å². The van der Waals surface area contributed by atoms with Crippen molar-refractivity contribution < 1.29 is 9.47 Å². The molecule has 0 fully saturated rings. The number of nitrogens with zero attached hydrogens (tertiary/aromatic N) is 1. The van der Waals surface area contributed by atoms with Crippen LogP contribution in [0.3, 0.4) is 0 Å². The van der Waals surface area contributed by atoms with E-state index in [-0.39, 0.29) is 6.79 Å². The van der Waals surface area contributed by atoms with E-state index >= 15 is 0 Å². The van der Waals surface area contributed by atoms with Crippen molar-refractivity contribution in [1.29, 1.82) is 0 Å². The lowest BCUT2D eigenvalue weighted by Gasteiger charge is -2.07. The van der Waals surface area contributed by atoms with E-state index in [4.69, 9.17) is 20.2 Å². The normalized spacial score (nSPS) is 13.3. The molecule has 0 unspecified atom stereocenters. The van der Waals surface area contributed by atoms with E-state index < -0.39 is 0 Å². The molecule has 5 rings (SSSR count). The molecular formula is C18H12N2O2. The summed E-state index contributed by atoms with van der Waals surface area (Å²) in [7, 11) is 0. The lowest BCUT2D eigenvalue weighted by atomic mass is 10.0. The van der Waals surface area contributed by atoms with Crippen molar-refractivity contribution >= 4 is 38.3 Å². The molecular weight excluding hydrogens is 276 g/mol. The summed E-state index contributed by atoms with van der Waals surface area (Å²) in [4.78, 5) is 4.73. The molecule has 1 aromatic heterocycles. The second-order valence-electron chi connectivity index (χ2n) is 5.50. The molecule has 0 atom stereocenters. The maximum Gasteiger partial charge on any atom is 0.231 e. The van der Waals surface area contributed by atoms with Gasteiger partial charge in [-0.2, -0.15) is 0 Å². The third-order valence-electron chi connectivity index (χ3n) is 4.13. The first-order valence-electron chi connectivity index (χ1n) is 7.10. The van der Waals surface area contributed by atoms with Gasteiger partial charge in [0.1, 0.15) is 0 Å². The van der Waals surface area contributed by atoms with E-state index in [0.717, 1.165) is 49.8 Å². The predicted octanol–water partition coefficient (Wildman–Crippen LogP) is 3.85. The lowest BCUT2D eigenvalue weighted by Crippen LogP contribution is -1.92. The second kappa shape index (κ2) is 4.01. The molecule has 4 nitrogen and oxygen atoms in total. The molecule has 0 aliphatic carbocycles. The van der Waals surface area contributed by atoms with Crippen molar-refractivity contribution in [3.8, 4) is 11.5 Å². The number of anilines is 1. The van der Waals surface area contributed by atoms with Gasteiger partial charge in [0.25, 0.3) is 0 Å². The summed E-state index contributed by atoms with van der Waals surface area (Å²) >= 11 is 0. The summed E-state index contributed by atoms with van der Waals surface area (Å²) in [5.74, 6) is 1.59. The molecule has 3 aromatic carbocycles. The summed E-state index contributed by atoms with van der Waals surface area (Å²) in [6.07, 6.45) is 0. The Morgan fingerprint density at radius 3 is 2.50 bits per heavy atom. The van der Waals surface area contributed by atoms with E-state index in [1.165, 1.54) is 0 Å². The van der Waals surface area contributed by atoms with E-state index in [0.29, 0.717) is 0 Å². The van der Waals surface area contributed by atoms with Crippen LogP contribution < -0.4 is 15.2 Å². The third-order valence-corrected chi connectivity index (χ3v) is 4.13. The van der Waals surface area contributed by atoms with Gasteiger partial charge < -0.3 is 15.2 Å². The zero-order valence-corrected chi connectivity index (χ0v) is 11.7. The average Bonchev–Trinajstić information content (AvgIpc) is 2.98. The van der Waals surface area contributed by atoms with Crippen LogP contribution in [0.5, 0.6) is 11.5 Å². The van der Waals surface area contributed by atoms with Crippen LogP contribution in [0.15, 0.2) is 48.5 Å². The van der Waals surface area contributed by atoms with Crippen molar-refractivity contribution in [1.82, 2.24) is 4.98 Å². The van der Waals surface area contributed by atoms with E-state index in [1.807, 2.05) is 36.4 Å². The van der Waals surface area contributed by atoms with Crippen molar-refractivity contribution in [3.05, 3.63) is 48.5 Å². The fourth-order valence-corrected chi connectivity index (χ4v) is 3.04. The summed E-state index contributed by atoms with van der Waals surface area (Å²) in [6, 6.07) is 16.1. The third kappa shape index (κ3) is 1.55. The zero-order chi connectivity index (χ0) is 14.7. The first kappa shape index (κ1) is 11.6. The van der Waals surface area contributed by atoms with Crippen LogP contribution >= 0.6 is 0 Å². The highest BCUT2D eigenvalue weighted by molar-refractivity contribution is 6.10. The summed E-state index contributed by atoms with van der Waals surface area (Å²) < 4.78 is 10.9. The molecule has 0 radical (unpaired) electrons. The second-order valence-corrected chi connectivity index (χ2v) is 5.50. The molecule has 0 spiro atoms. The van der Waals surface area contributed by atoms with Gasteiger partial charge in [-0.3, -0.25) is 0 Å². The van der Waals surface area contributed by atoms with Gasteiger partial charge in [0.2, 0.25) is 6.79 Å². The molecule has 2 N–H and O–H groups in total. The molecule has 106 valence electrons. The minimum Gasteiger partial charge on any atom is -0.454 e. The fourth-order valence-electron chi connectivity index (χ4n) is 3.04. The number of fused-ring (bicyclic) bond motifs is 5. The molecule has 4 aromatic rings. The molecule has 0 saturated heterocycles. The smallest absolute Gasteiger partial charge is 0.231 e. The van der Waals surface area contributed by atoms with Gasteiger partial charge in [0, 0.05) is 16.5 Å². The molecule has 4 heteroatoms. The highest BCUT2D eigenvalue weighted by Crippen LogP contribution is 2.38. The van der Waals surface area contributed by atoms with Crippen molar-refractivity contribution in [2.24, 2.45) is 0 Å². The maximum absolute atomic E-state index is 5.85. The van der Waals surface area contributed by atoms with E-state index in [9.17, 15) is 0 Å². The van der Waals surface area contributed by atoms with Gasteiger partial charge in [-0.1, -0.05) is 12.1 Å². The Kier molecular flexibility index (Phi) is 2.12. The first-order chi connectivity index (χ1) is 10.8. The molecule has 1 aliphatic rings. The monoisotopic (exact) mass is 288 g/mol. The largest absolute Gasteiger partial charge is 0.454 e. The summed E-state index contributed by atoms with van der Waals surface area (Å²) in [5.41, 5.74) is 8.43. The van der Waals surface area contributed by atoms with Crippen molar-refractivity contribution in [2.75, 3.05) is 12.5 Å². The Balaban J connectivity index is 1.92. The van der Waals surface area contributed by atoms with Gasteiger partial charge in [-0.15, -0.1) is 0 Å². The Bertz CT molecular complexity index is 1070. The Hall–Kier alpha value is -3.01. The van der Waals surface area contributed by atoms with Crippen LogP contribution in [0.4, 0.5) is 5.69 Å². The summed E-state index contributed by atoms with van der Waals surface area (Å²) in [5, 5.41) is 4.42. The number of hydrogen-bond donors (Lipinski definition) is 1. The lowest BCUT2D eigenvalue weighted by molar-refractivity contribution is 0.174. The summed E-state index contributed by atoms with van der Waals surface area (Å²) in [6.45, 7) is 0.282. The number of rotatable bonds is 0. The zero-order valence-electron chi connectivity index (χ0n) is 11.7. The molecule has 0 amide bonds. The number of pyridine rings is 1. The van der Waals surface area contributed by atoms with Gasteiger partial charge >= 0.3 is 0 Å². The van der Waals surface area contributed by atoms with Crippen molar-refractivity contribution in [3.63, 3.8) is 0 Å². The number of nitrogens with two attached hydrogens (primary N) is 1. The number of hydrogen-bond acceptors (Lipinski definition) is 4. The minimum atomic E-state index is 0.282. The number of ether oxygens (including phenoxy) is 2. The van der Waals surface area contributed by atoms with Gasteiger partial charge in [0.15, 0.2) is 11.5 Å². The highest BCUT2D eigenvalue weighted by atomic mass is 16.7. The highest BCUT2D eigenvalue weighted by Gasteiger charge is 2.15. The molecule has 1 aliphatic heterocycles. The number of benzene rings is 3. The van der Waals surface area contributed by atoms with Crippen LogP contribution in [0.25, 0.3) is 32.6 Å². The van der Waals surface area contributed by atoms with E-state index in [1.54, 1.807) is 0 Å². The first-order valence-corrected chi connectivity index (χ1v) is 7.10. The Morgan fingerprint density at radius 1 is 0.773 bits per heavy atom. The predicted molar refractivity (Wildman–Crippen MR) is 87.3 cm³/mol. The van der Waals surface area contributed by atoms with Crippen LogP contribution in [-0.2, 0) is 0 Å². The maximum atomic E-state index is 5.85. The van der Waals surface area contributed by atoms with Gasteiger partial charge in [0.05, 0.1) is 11.0 Å².